The molecule has 10 nitrogen and oxygen atoms in total. The molecule has 2 aliphatic carbocycles. The van der Waals surface area contributed by atoms with Gasteiger partial charge in [0.05, 0.1) is 13.1 Å². The third-order valence-corrected chi connectivity index (χ3v) is 6.50. The maximum absolute atomic E-state index is 12.3. The van der Waals surface area contributed by atoms with E-state index < -0.39 is 12.1 Å². The van der Waals surface area contributed by atoms with Crippen LogP contribution in [0.4, 0.5) is 21.0 Å². The van der Waals surface area contributed by atoms with Crippen LogP contribution in [0.1, 0.15) is 69.8 Å². The summed E-state index contributed by atoms with van der Waals surface area (Å²) in [6.45, 7) is 1.61. The zero-order valence-electron chi connectivity index (χ0n) is 20.5. The molecule has 1 aromatic rings. The molecule has 6 N–H and O–H groups in total. The molecule has 0 bridgehead atoms. The van der Waals surface area contributed by atoms with E-state index in [2.05, 4.69) is 31.9 Å². The second kappa shape index (κ2) is 13.6. The van der Waals surface area contributed by atoms with E-state index in [0.29, 0.717) is 11.4 Å². The molecule has 0 radical (unpaired) electrons. The lowest BCUT2D eigenvalue weighted by Gasteiger charge is -2.22. The SMILES string of the molecule is Cc1ccc(NC(=O)NCC(=O)NC2CCCCC2)cc1NC(=O)NCC(=O)NC1CCCCC1. The van der Waals surface area contributed by atoms with E-state index in [9.17, 15) is 19.2 Å². The fraction of sp³-hybridized carbons (Fsp3) is 0.600. The molecule has 1 aromatic carbocycles. The molecule has 0 aromatic heterocycles. The Hall–Kier alpha value is -3.30. The van der Waals surface area contributed by atoms with Crippen LogP contribution < -0.4 is 31.9 Å². The summed E-state index contributed by atoms with van der Waals surface area (Å²) in [6, 6.07) is 4.45. The Morgan fingerprint density at radius 2 is 1.20 bits per heavy atom. The van der Waals surface area contributed by atoms with E-state index in [4.69, 9.17) is 0 Å². The first-order chi connectivity index (χ1) is 16.9. The molecule has 35 heavy (non-hydrogen) atoms. The van der Waals surface area contributed by atoms with E-state index in [1.54, 1.807) is 18.2 Å². The van der Waals surface area contributed by atoms with Gasteiger partial charge in [-0.3, -0.25) is 9.59 Å². The smallest absolute Gasteiger partial charge is 0.319 e. The van der Waals surface area contributed by atoms with Gasteiger partial charge in [0.25, 0.3) is 0 Å². The van der Waals surface area contributed by atoms with Gasteiger partial charge in [-0.15, -0.1) is 0 Å². The van der Waals surface area contributed by atoms with E-state index in [-0.39, 0.29) is 37.0 Å². The van der Waals surface area contributed by atoms with Crippen LogP contribution in [0.5, 0.6) is 0 Å². The minimum atomic E-state index is -0.512. The number of hydrogen-bond donors (Lipinski definition) is 6. The predicted molar refractivity (Wildman–Crippen MR) is 135 cm³/mol. The fourth-order valence-electron chi connectivity index (χ4n) is 4.55. The van der Waals surface area contributed by atoms with Crippen LogP contribution in [0.2, 0.25) is 0 Å². The molecule has 192 valence electrons. The number of carbonyl (C=O) groups excluding carboxylic acids is 4. The second-order valence-corrected chi connectivity index (χ2v) is 9.45. The Balaban J connectivity index is 1.39. The van der Waals surface area contributed by atoms with E-state index in [1.165, 1.54) is 12.8 Å². The third kappa shape index (κ3) is 9.46. The van der Waals surface area contributed by atoms with Crippen LogP contribution in [-0.4, -0.2) is 49.0 Å². The number of carbonyl (C=O) groups is 4. The van der Waals surface area contributed by atoms with Crippen molar-refractivity contribution in [3.63, 3.8) is 0 Å². The number of hydrogen-bond acceptors (Lipinski definition) is 4. The minimum Gasteiger partial charge on any atom is -0.352 e. The van der Waals surface area contributed by atoms with Crippen LogP contribution in [0.25, 0.3) is 0 Å². The van der Waals surface area contributed by atoms with Gasteiger partial charge in [0.1, 0.15) is 0 Å². The first-order valence-electron chi connectivity index (χ1n) is 12.7. The van der Waals surface area contributed by atoms with Gasteiger partial charge in [0.15, 0.2) is 0 Å². The van der Waals surface area contributed by atoms with Gasteiger partial charge in [-0.05, 0) is 50.3 Å². The summed E-state index contributed by atoms with van der Waals surface area (Å²) in [5.74, 6) is -0.411. The molecule has 0 aliphatic heterocycles. The van der Waals surface area contributed by atoms with E-state index >= 15 is 0 Å². The number of benzene rings is 1. The molecule has 2 fully saturated rings. The van der Waals surface area contributed by atoms with Crippen molar-refractivity contribution in [1.82, 2.24) is 21.3 Å². The van der Waals surface area contributed by atoms with Crippen LogP contribution in [-0.2, 0) is 9.59 Å². The lowest BCUT2D eigenvalue weighted by atomic mass is 9.95. The molecule has 0 atom stereocenters. The monoisotopic (exact) mass is 486 g/mol. The Kier molecular flexibility index (Phi) is 10.2. The standard InChI is InChI=1S/C25H38N6O4/c1-17-12-13-20(30-24(34)26-15-22(32)28-18-8-4-2-5-9-18)14-21(17)31-25(35)27-16-23(33)29-19-10-6-3-7-11-19/h12-14,18-19H,2-11,15-16H2,1H3,(H,28,32)(H,29,33)(H2,26,30,34)(H2,27,31,35). The van der Waals surface area contributed by atoms with Crippen LogP contribution in [0.3, 0.4) is 0 Å². The molecule has 6 amide bonds. The summed E-state index contributed by atoms with van der Waals surface area (Å²) in [7, 11) is 0. The number of aryl methyl sites for hydroxylation is 1. The van der Waals surface area contributed by atoms with Crippen LogP contribution in [0.15, 0.2) is 18.2 Å². The molecule has 2 aliphatic rings. The lowest BCUT2D eigenvalue weighted by molar-refractivity contribution is -0.121. The third-order valence-electron chi connectivity index (χ3n) is 6.50. The zero-order chi connectivity index (χ0) is 25.0. The van der Waals surface area contributed by atoms with E-state index in [1.807, 2.05) is 6.92 Å². The van der Waals surface area contributed by atoms with Crippen molar-refractivity contribution in [3.8, 4) is 0 Å². The van der Waals surface area contributed by atoms with E-state index in [0.717, 1.165) is 56.9 Å². The molecule has 0 unspecified atom stereocenters. The topological polar surface area (TPSA) is 140 Å². The molecule has 10 heteroatoms. The normalized spacial score (nSPS) is 16.6. The lowest BCUT2D eigenvalue weighted by Crippen LogP contribution is -2.43. The number of nitrogens with one attached hydrogen (secondary N) is 6. The van der Waals surface area contributed by atoms with Gasteiger partial charge in [0, 0.05) is 23.5 Å². The van der Waals surface area contributed by atoms with Gasteiger partial charge in [-0.2, -0.15) is 0 Å². The van der Waals surface area contributed by atoms with Crippen molar-refractivity contribution in [2.75, 3.05) is 23.7 Å². The Morgan fingerprint density at radius 3 is 1.71 bits per heavy atom. The fourth-order valence-corrected chi connectivity index (χ4v) is 4.55. The second-order valence-electron chi connectivity index (χ2n) is 9.45. The summed E-state index contributed by atoms with van der Waals surface area (Å²) in [6.07, 6.45) is 10.8. The highest BCUT2D eigenvalue weighted by atomic mass is 16.2. The van der Waals surface area contributed by atoms with Crippen LogP contribution in [0, 0.1) is 6.92 Å². The first-order valence-corrected chi connectivity index (χ1v) is 12.7. The highest BCUT2D eigenvalue weighted by Gasteiger charge is 2.17. The molecule has 0 spiro atoms. The molecular formula is C25H38N6O4. The number of anilines is 2. The van der Waals surface area contributed by atoms with Gasteiger partial charge in [-0.25, -0.2) is 9.59 Å². The zero-order valence-corrected chi connectivity index (χ0v) is 20.5. The van der Waals surface area contributed by atoms with Gasteiger partial charge >= 0.3 is 12.1 Å². The van der Waals surface area contributed by atoms with Crippen molar-refractivity contribution in [1.29, 1.82) is 0 Å². The van der Waals surface area contributed by atoms with Crippen molar-refractivity contribution < 1.29 is 19.2 Å². The predicted octanol–water partition coefficient (Wildman–Crippen LogP) is 3.14. The molecule has 3 rings (SSSR count). The van der Waals surface area contributed by atoms with Crippen LogP contribution >= 0.6 is 0 Å². The first kappa shape index (κ1) is 26.3. The van der Waals surface area contributed by atoms with Crippen molar-refractivity contribution >= 4 is 35.3 Å². The average Bonchev–Trinajstić information content (AvgIpc) is 2.85. The number of rotatable bonds is 8. The maximum atomic E-state index is 12.3. The van der Waals surface area contributed by atoms with Crippen molar-refractivity contribution in [2.45, 2.75) is 83.2 Å². The summed E-state index contributed by atoms with van der Waals surface area (Å²) in [5, 5.41) is 16.4. The quantitative estimate of drug-likeness (QED) is 0.336. The molecule has 0 heterocycles. The minimum absolute atomic E-state index is 0.106. The Morgan fingerprint density at radius 1 is 0.714 bits per heavy atom. The van der Waals surface area contributed by atoms with Crippen molar-refractivity contribution in [2.24, 2.45) is 0 Å². The maximum Gasteiger partial charge on any atom is 0.319 e. The Labute approximate surface area is 206 Å². The average molecular weight is 487 g/mol. The number of amides is 6. The summed E-state index contributed by atoms with van der Waals surface area (Å²) in [4.78, 5) is 48.7. The van der Waals surface area contributed by atoms with Crippen molar-refractivity contribution in [3.05, 3.63) is 23.8 Å². The van der Waals surface area contributed by atoms with Gasteiger partial charge < -0.3 is 31.9 Å². The molecule has 2 saturated carbocycles. The highest BCUT2D eigenvalue weighted by Crippen LogP contribution is 2.20. The molecular weight excluding hydrogens is 448 g/mol. The summed E-state index contributed by atoms with van der Waals surface area (Å²) in [5.41, 5.74) is 1.76. The number of urea groups is 2. The highest BCUT2D eigenvalue weighted by molar-refractivity contribution is 5.95. The summed E-state index contributed by atoms with van der Waals surface area (Å²) >= 11 is 0. The van der Waals surface area contributed by atoms with Gasteiger partial charge in [0.2, 0.25) is 11.8 Å². The van der Waals surface area contributed by atoms with Gasteiger partial charge in [-0.1, -0.05) is 44.6 Å². The molecule has 0 saturated heterocycles. The largest absolute Gasteiger partial charge is 0.352 e. The summed E-state index contributed by atoms with van der Waals surface area (Å²) < 4.78 is 0. The Bertz CT molecular complexity index is 894.